The molecular weight excluding hydrogens is 512 g/mol. The molecule has 0 radical (unpaired) electrons. The van der Waals surface area contributed by atoms with Gasteiger partial charge in [0.15, 0.2) is 0 Å². The molecule has 37 heavy (non-hydrogen) atoms. The van der Waals surface area contributed by atoms with Crippen LogP contribution in [0.15, 0.2) is 58.3 Å². The van der Waals surface area contributed by atoms with Gasteiger partial charge in [-0.3, -0.25) is 0 Å². The van der Waals surface area contributed by atoms with Crippen LogP contribution < -0.4 is 9.47 Å². The van der Waals surface area contributed by atoms with Crippen molar-refractivity contribution in [3.63, 3.8) is 0 Å². The van der Waals surface area contributed by atoms with Crippen LogP contribution in [0, 0.1) is 0 Å². The number of sulfone groups is 2. The number of hydrogen-bond donors (Lipinski definition) is 0. The second-order valence-electron chi connectivity index (χ2n) is 8.84. The first-order valence-electron chi connectivity index (χ1n) is 12.9. The minimum Gasteiger partial charge on any atom is -0.494 e. The SMILES string of the molecule is CCCCCCCOc1ccc(S(=O)(=O)C(=[N+]=[N-])S(=O)(=O)c2ccc(OCCCCCCC)cc2)cc1. The second-order valence-corrected chi connectivity index (χ2v) is 12.8. The molecular formula is C27H38N2O6S2. The molecule has 0 aliphatic heterocycles. The predicted octanol–water partition coefficient (Wildman–Crippen LogP) is 6.22. The van der Waals surface area contributed by atoms with Crippen LogP contribution in [0.4, 0.5) is 0 Å². The van der Waals surface area contributed by atoms with Gasteiger partial charge in [0, 0.05) is 0 Å². The highest BCUT2D eigenvalue weighted by molar-refractivity contribution is 8.31. The van der Waals surface area contributed by atoms with Crippen LogP contribution in [0.25, 0.3) is 5.53 Å². The molecule has 0 unspecified atom stereocenters. The Balaban J connectivity index is 2.04. The first-order chi connectivity index (χ1) is 17.8. The molecule has 0 amide bonds. The van der Waals surface area contributed by atoms with Gasteiger partial charge in [0.2, 0.25) is 0 Å². The Hall–Kier alpha value is -2.68. The van der Waals surface area contributed by atoms with Gasteiger partial charge in [0.1, 0.15) is 11.5 Å². The maximum Gasteiger partial charge on any atom is 0.504 e. The molecule has 10 heteroatoms. The van der Waals surface area contributed by atoms with Gasteiger partial charge >= 0.3 is 4.38 Å². The van der Waals surface area contributed by atoms with E-state index in [9.17, 15) is 22.4 Å². The number of rotatable bonds is 16. The molecule has 0 heterocycles. The fraction of sp³-hybridized carbons (Fsp3) is 0.519. The monoisotopic (exact) mass is 550 g/mol. The average Bonchev–Trinajstić information content (AvgIpc) is 2.89. The molecule has 0 saturated carbocycles. The van der Waals surface area contributed by atoms with E-state index in [-0.39, 0.29) is 9.79 Å². The molecule has 0 saturated heterocycles. The lowest BCUT2D eigenvalue weighted by Gasteiger charge is -2.08. The standard InChI is InChI=1S/C27H38N2O6S2/c1-3-5-7-9-11-21-34-23-13-17-25(18-14-23)36(30,31)27(29-28)37(32,33)26-19-15-24(16-20-26)35-22-12-10-8-6-4-2/h13-20H,3-12,21-22H2,1-2H3. The van der Waals surface area contributed by atoms with Gasteiger partial charge in [0.05, 0.1) is 23.0 Å². The molecule has 204 valence electrons. The van der Waals surface area contributed by atoms with E-state index in [4.69, 9.17) is 9.47 Å². The lowest BCUT2D eigenvalue weighted by molar-refractivity contribution is 0.00380. The van der Waals surface area contributed by atoms with Crippen molar-refractivity contribution in [1.29, 1.82) is 0 Å². The normalized spacial score (nSPS) is 11.6. The smallest absolute Gasteiger partial charge is 0.494 e. The largest absolute Gasteiger partial charge is 0.504 e. The molecule has 0 N–H and O–H groups in total. The minimum atomic E-state index is -4.62. The minimum absolute atomic E-state index is 0.317. The van der Waals surface area contributed by atoms with Crippen LogP contribution in [-0.4, -0.2) is 39.2 Å². The Morgan fingerprint density at radius 2 is 0.973 bits per heavy atom. The van der Waals surface area contributed by atoms with Gasteiger partial charge in [0.25, 0.3) is 19.7 Å². The molecule has 0 spiro atoms. The first kappa shape index (κ1) is 30.5. The predicted molar refractivity (Wildman–Crippen MR) is 144 cm³/mol. The maximum absolute atomic E-state index is 13.0. The highest BCUT2D eigenvalue weighted by atomic mass is 32.3. The first-order valence-corrected chi connectivity index (χ1v) is 15.9. The van der Waals surface area contributed by atoms with E-state index in [1.807, 2.05) is 0 Å². The summed E-state index contributed by atoms with van der Waals surface area (Å²) in [5.41, 5.74) is 9.42. The van der Waals surface area contributed by atoms with Crippen molar-refractivity contribution in [2.24, 2.45) is 0 Å². The molecule has 0 aliphatic rings. The van der Waals surface area contributed by atoms with Crippen molar-refractivity contribution in [2.45, 2.75) is 87.8 Å². The maximum atomic E-state index is 13.0. The highest BCUT2D eigenvalue weighted by Crippen LogP contribution is 2.24. The van der Waals surface area contributed by atoms with Gasteiger partial charge in [-0.2, -0.15) is 0 Å². The number of unbranched alkanes of at least 4 members (excludes halogenated alkanes) is 8. The van der Waals surface area contributed by atoms with Crippen molar-refractivity contribution in [3.05, 3.63) is 54.1 Å². The number of benzene rings is 2. The molecule has 0 aromatic heterocycles. The van der Waals surface area contributed by atoms with Gasteiger partial charge in [-0.15, -0.1) is 4.79 Å². The summed E-state index contributed by atoms with van der Waals surface area (Å²) in [4.78, 5) is 2.04. The van der Waals surface area contributed by atoms with Crippen LogP contribution in [0.2, 0.25) is 0 Å². The van der Waals surface area contributed by atoms with Crippen molar-refractivity contribution < 1.29 is 31.1 Å². The summed E-state index contributed by atoms with van der Waals surface area (Å²) in [5.74, 6) is 0.946. The summed E-state index contributed by atoms with van der Waals surface area (Å²) in [5, 5.41) is 0. The number of ether oxygens (including phenoxy) is 2. The van der Waals surface area contributed by atoms with Gasteiger partial charge in [-0.1, -0.05) is 65.2 Å². The van der Waals surface area contributed by atoms with E-state index in [1.165, 1.54) is 61.4 Å². The second kappa shape index (κ2) is 15.5. The third-order valence-corrected chi connectivity index (χ3v) is 10.0. The van der Waals surface area contributed by atoms with Gasteiger partial charge < -0.3 is 15.0 Å². The van der Waals surface area contributed by atoms with E-state index in [0.717, 1.165) is 51.4 Å². The lowest BCUT2D eigenvalue weighted by Crippen LogP contribution is -2.26. The van der Waals surface area contributed by atoms with Gasteiger partial charge in [-0.05, 0) is 61.4 Å². The van der Waals surface area contributed by atoms with E-state index in [2.05, 4.69) is 18.6 Å². The summed E-state index contributed by atoms with van der Waals surface area (Å²) in [6.07, 6.45) is 10.9. The van der Waals surface area contributed by atoms with E-state index in [0.29, 0.717) is 24.7 Å². The third-order valence-electron chi connectivity index (χ3n) is 5.84. The number of nitrogens with zero attached hydrogens (tertiary/aromatic N) is 2. The summed E-state index contributed by atoms with van der Waals surface area (Å²) in [7, 11) is -9.24. The third kappa shape index (κ3) is 9.29. The van der Waals surface area contributed by atoms with Crippen LogP contribution in [0.1, 0.15) is 78.1 Å². The Morgan fingerprint density at radius 3 is 1.30 bits per heavy atom. The molecule has 8 nitrogen and oxygen atoms in total. The fourth-order valence-electron chi connectivity index (χ4n) is 3.67. The Morgan fingerprint density at radius 1 is 0.622 bits per heavy atom. The Bertz CT molecular complexity index is 1130. The molecule has 0 bridgehead atoms. The van der Waals surface area contributed by atoms with Crippen molar-refractivity contribution in [3.8, 4) is 11.5 Å². The zero-order valence-corrected chi connectivity index (χ0v) is 23.4. The molecule has 2 rings (SSSR count). The van der Waals surface area contributed by atoms with E-state index >= 15 is 0 Å². The Kier molecular flexibility index (Phi) is 12.8. The topological polar surface area (TPSA) is 123 Å². The van der Waals surface area contributed by atoms with Crippen LogP contribution >= 0.6 is 0 Å². The zero-order chi connectivity index (χ0) is 27.2. The van der Waals surface area contributed by atoms with Crippen molar-refractivity contribution >= 4 is 24.1 Å². The average molecular weight is 551 g/mol. The molecule has 2 aromatic rings. The van der Waals surface area contributed by atoms with Gasteiger partial charge in [-0.25, -0.2) is 16.8 Å². The van der Waals surface area contributed by atoms with Crippen LogP contribution in [-0.2, 0) is 19.7 Å². The lowest BCUT2D eigenvalue weighted by atomic mass is 10.2. The summed E-state index contributed by atoms with van der Waals surface area (Å²) < 4.78 is 62.1. The van der Waals surface area contributed by atoms with Crippen LogP contribution in [0.3, 0.4) is 0 Å². The molecule has 2 aromatic carbocycles. The quantitative estimate of drug-likeness (QED) is 0.0804. The summed E-state index contributed by atoms with van der Waals surface area (Å²) >= 11 is 0. The summed E-state index contributed by atoms with van der Waals surface area (Å²) in [6, 6.07) is 10.8. The fourth-order valence-corrected chi connectivity index (χ4v) is 7.01. The molecule has 0 fully saturated rings. The van der Waals surface area contributed by atoms with Crippen molar-refractivity contribution in [2.75, 3.05) is 13.2 Å². The number of hydrogen-bond acceptors (Lipinski definition) is 6. The van der Waals surface area contributed by atoms with Crippen LogP contribution in [0.5, 0.6) is 11.5 Å². The molecule has 0 aliphatic carbocycles. The molecule has 0 atom stereocenters. The van der Waals surface area contributed by atoms with E-state index in [1.54, 1.807) is 0 Å². The van der Waals surface area contributed by atoms with Crippen molar-refractivity contribution in [1.82, 2.24) is 0 Å². The van der Waals surface area contributed by atoms with E-state index < -0.39 is 24.1 Å². The highest BCUT2D eigenvalue weighted by Gasteiger charge is 2.44. The Labute approximate surface area is 221 Å². The summed E-state index contributed by atoms with van der Waals surface area (Å²) in [6.45, 7) is 5.30. The zero-order valence-electron chi connectivity index (χ0n) is 21.8.